The molecule has 0 saturated carbocycles. The van der Waals surface area contributed by atoms with E-state index in [0.717, 1.165) is 24.8 Å². The molecule has 0 atom stereocenters. The quantitative estimate of drug-likeness (QED) is 0.0989. The predicted molar refractivity (Wildman–Crippen MR) is 197 cm³/mol. The van der Waals surface area contributed by atoms with Gasteiger partial charge in [0.05, 0.1) is 48.4 Å². The Morgan fingerprint density at radius 2 is 0.982 bits per heavy atom. The average molecular weight is 787 g/mol. The molecule has 6 heterocycles. The molecule has 0 aromatic carbocycles. The predicted octanol–water partition coefficient (Wildman–Crippen LogP) is 2.73. The van der Waals surface area contributed by atoms with Crippen molar-refractivity contribution < 1.29 is 60.7 Å². The lowest BCUT2D eigenvalue weighted by Gasteiger charge is -2.14. The van der Waals surface area contributed by atoms with Crippen LogP contribution in [0.25, 0.3) is 22.1 Å². The zero-order valence-electron chi connectivity index (χ0n) is 29.2. The Balaban J connectivity index is 0.000000360. The Kier molecular flexibility index (Phi) is 14.8. The monoisotopic (exact) mass is 786 g/mol. The minimum Gasteiger partial charge on any atom is -0.492 e. The van der Waals surface area contributed by atoms with Gasteiger partial charge < -0.3 is 61.7 Å². The van der Waals surface area contributed by atoms with Crippen LogP contribution in [0.2, 0.25) is 0 Å². The fraction of sp³-hybridized carbons (Fsp3) is 0.188. The molecule has 0 bridgehead atoms. The summed E-state index contributed by atoms with van der Waals surface area (Å²) in [7, 11) is 0. The van der Waals surface area contributed by atoms with E-state index in [2.05, 4.69) is 50.5 Å². The van der Waals surface area contributed by atoms with E-state index in [1.54, 1.807) is 26.0 Å². The molecule has 0 fully saturated rings. The summed E-state index contributed by atoms with van der Waals surface area (Å²) in [6.45, 7) is 7.97. The average Bonchev–Trinajstić information content (AvgIpc) is 3.08. The molecule has 0 aliphatic carbocycles. The fourth-order valence-corrected chi connectivity index (χ4v) is 4.75. The first-order valence-corrected chi connectivity index (χ1v) is 15.2. The molecule has 0 aliphatic heterocycles. The summed E-state index contributed by atoms with van der Waals surface area (Å²) in [6, 6.07) is 2.03. The van der Waals surface area contributed by atoms with E-state index in [4.69, 9.17) is 9.47 Å². The number of fused-ring (bicyclic) bond motifs is 2. The van der Waals surface area contributed by atoms with E-state index in [1.165, 1.54) is 0 Å². The molecule has 0 radical (unpaired) electrons. The third-order valence-electron chi connectivity index (χ3n) is 7.09. The molecule has 12 N–H and O–H groups in total. The zero-order valence-corrected chi connectivity index (χ0v) is 30.0. The van der Waals surface area contributed by atoms with Crippen molar-refractivity contribution in [3.05, 3.63) is 59.4 Å². The van der Waals surface area contributed by atoms with Gasteiger partial charge in [0.2, 0.25) is 11.8 Å². The number of carboxylic acids is 2. The van der Waals surface area contributed by atoms with Gasteiger partial charge in [0.15, 0.2) is 11.3 Å². The van der Waals surface area contributed by atoms with Crippen molar-refractivity contribution in [3.8, 4) is 35.3 Å². The van der Waals surface area contributed by atoms with Gasteiger partial charge in [0, 0.05) is 23.2 Å². The fourth-order valence-electron chi connectivity index (χ4n) is 4.75. The van der Waals surface area contributed by atoms with Gasteiger partial charge >= 0.3 is 24.0 Å². The van der Waals surface area contributed by atoms with Crippen LogP contribution < -0.4 is 20.1 Å². The normalized spacial score (nSPS) is 10.1. The summed E-state index contributed by atoms with van der Waals surface area (Å²) < 4.78 is 11.0. The molecule has 292 valence electrons. The summed E-state index contributed by atoms with van der Waals surface area (Å²) in [6.07, 6.45) is 4.58. The maximum Gasteiger partial charge on any atom is 0.339 e. The van der Waals surface area contributed by atoms with Gasteiger partial charge in [-0.05, 0) is 39.8 Å². The van der Waals surface area contributed by atoms with Gasteiger partial charge in [-0.15, -0.1) is 12.4 Å². The van der Waals surface area contributed by atoms with E-state index >= 15 is 0 Å². The second kappa shape index (κ2) is 18.5. The molecule has 0 saturated heterocycles. The van der Waals surface area contributed by atoms with Gasteiger partial charge in [-0.3, -0.25) is 0 Å². The molecule has 55 heavy (non-hydrogen) atoms. The molecule has 6 rings (SSSR count). The summed E-state index contributed by atoms with van der Waals surface area (Å²) in [5.74, 6) is -2.55. The SMILES string of the molecule is CCOc1cc2c(Nc3cnc(O)nc3O)c(C(=O)O)cnc2nc1C.CCOc1cc2c(Nc3cnc(O)nc3O)c(C(=O)O)cnc2nc1C.Cl.O.O. The number of nitrogens with zero attached hydrogens (tertiary/aromatic N) is 8. The highest BCUT2D eigenvalue weighted by Crippen LogP contribution is 2.36. The highest BCUT2D eigenvalue weighted by Gasteiger charge is 2.21. The molecule has 6 aromatic heterocycles. The maximum atomic E-state index is 11.6. The number of carbonyl (C=O) groups is 2. The highest BCUT2D eigenvalue weighted by atomic mass is 35.5. The largest absolute Gasteiger partial charge is 0.492 e. The van der Waals surface area contributed by atoms with Gasteiger partial charge in [0.1, 0.15) is 34.0 Å². The van der Waals surface area contributed by atoms with E-state index in [9.17, 15) is 40.2 Å². The first kappa shape index (κ1) is 44.0. The zero-order chi connectivity index (χ0) is 37.7. The van der Waals surface area contributed by atoms with Crippen molar-refractivity contribution in [3.63, 3.8) is 0 Å². The number of aromatic carboxylic acids is 2. The molecule has 0 amide bonds. The Morgan fingerprint density at radius 1 is 0.618 bits per heavy atom. The summed E-state index contributed by atoms with van der Waals surface area (Å²) >= 11 is 0. The maximum absolute atomic E-state index is 11.6. The van der Waals surface area contributed by atoms with Crippen LogP contribution in [0.3, 0.4) is 0 Å². The third-order valence-corrected chi connectivity index (χ3v) is 7.09. The minimum absolute atomic E-state index is 0. The Hall–Kier alpha value is -7.17. The van der Waals surface area contributed by atoms with Crippen LogP contribution in [0, 0.1) is 13.8 Å². The molecule has 6 aromatic rings. The van der Waals surface area contributed by atoms with Crippen molar-refractivity contribution in [1.82, 2.24) is 39.9 Å². The van der Waals surface area contributed by atoms with Gasteiger partial charge in [-0.1, -0.05) is 0 Å². The number of hydrogen-bond donors (Lipinski definition) is 8. The number of pyridine rings is 4. The summed E-state index contributed by atoms with van der Waals surface area (Å²) in [5.41, 5.74) is 1.84. The molecule has 0 aliphatic rings. The van der Waals surface area contributed by atoms with E-state index in [1.807, 2.05) is 13.8 Å². The summed E-state index contributed by atoms with van der Waals surface area (Å²) in [4.78, 5) is 54.0. The lowest BCUT2D eigenvalue weighted by molar-refractivity contribution is 0.0686. The van der Waals surface area contributed by atoms with Crippen molar-refractivity contribution in [2.75, 3.05) is 23.8 Å². The second-order valence-corrected chi connectivity index (χ2v) is 10.5. The number of aryl methyl sites for hydroxylation is 2. The molecule has 0 unspecified atom stereocenters. The number of aromatic nitrogens is 8. The molecule has 23 heteroatoms. The Bertz CT molecular complexity index is 2190. The third kappa shape index (κ3) is 9.64. The topological polar surface area (TPSA) is 364 Å². The van der Waals surface area contributed by atoms with Crippen LogP contribution in [0.15, 0.2) is 36.9 Å². The first-order chi connectivity index (χ1) is 24.8. The lowest BCUT2D eigenvalue weighted by Crippen LogP contribution is -2.07. The van der Waals surface area contributed by atoms with Crippen LogP contribution in [0.4, 0.5) is 22.7 Å². The number of halogens is 1. The highest BCUT2D eigenvalue weighted by molar-refractivity contribution is 6.06. The van der Waals surface area contributed by atoms with Crippen LogP contribution >= 0.6 is 12.4 Å². The molecular weight excluding hydrogens is 752 g/mol. The van der Waals surface area contributed by atoms with Crippen molar-refractivity contribution in [2.24, 2.45) is 0 Å². The van der Waals surface area contributed by atoms with E-state index in [-0.39, 0.29) is 57.2 Å². The van der Waals surface area contributed by atoms with Gasteiger partial charge in [-0.2, -0.15) is 9.97 Å². The Morgan fingerprint density at radius 3 is 1.29 bits per heavy atom. The first-order valence-electron chi connectivity index (χ1n) is 15.2. The van der Waals surface area contributed by atoms with Crippen LogP contribution in [0.5, 0.6) is 35.3 Å². The number of carboxylic acid groups (broad SMARTS) is 2. The van der Waals surface area contributed by atoms with Crippen LogP contribution in [0.1, 0.15) is 46.0 Å². The smallest absolute Gasteiger partial charge is 0.339 e. The minimum atomic E-state index is -1.22. The van der Waals surface area contributed by atoms with Crippen LogP contribution in [-0.2, 0) is 0 Å². The van der Waals surface area contributed by atoms with E-state index in [0.29, 0.717) is 58.2 Å². The molecule has 0 spiro atoms. The van der Waals surface area contributed by atoms with Crippen LogP contribution in [-0.4, -0.2) is 107 Å². The number of anilines is 4. The van der Waals surface area contributed by atoms with E-state index < -0.39 is 35.7 Å². The number of rotatable bonds is 10. The van der Waals surface area contributed by atoms with Crippen molar-refractivity contribution >= 4 is 69.2 Å². The number of aromatic hydroxyl groups is 4. The molecule has 22 nitrogen and oxygen atoms in total. The van der Waals surface area contributed by atoms with Crippen molar-refractivity contribution in [2.45, 2.75) is 27.7 Å². The standard InChI is InChI=1S/2C16H15N5O5.ClH.2H2O/c2*1-3-26-11-4-8-12(20-10-6-18-16(25)21-14(10)22)9(15(23)24)5-17-13(8)19-7(11)2;;;/h2*4-6H,3H2,1-2H3,(H,23,24)(H,17,19,20)(H2,18,21,22,25);1H;2*1H2. The van der Waals surface area contributed by atoms with Gasteiger partial charge in [0.25, 0.3) is 0 Å². The van der Waals surface area contributed by atoms with Crippen molar-refractivity contribution in [1.29, 1.82) is 0 Å². The lowest BCUT2D eigenvalue weighted by atomic mass is 10.1. The van der Waals surface area contributed by atoms with Gasteiger partial charge in [-0.25, -0.2) is 39.5 Å². The number of hydrogen-bond acceptors (Lipinski definition) is 18. The number of ether oxygens (including phenoxy) is 2. The summed E-state index contributed by atoms with van der Waals surface area (Å²) in [5, 5.41) is 63.4. The Labute approximate surface area is 315 Å². The molecular formula is C32H35ClN10O12. The number of nitrogens with one attached hydrogen (secondary N) is 2. The second-order valence-electron chi connectivity index (χ2n) is 10.5.